The van der Waals surface area contributed by atoms with Crippen molar-refractivity contribution in [3.8, 4) is 11.4 Å². The Balaban J connectivity index is 1.95. The smallest absolute Gasteiger partial charge is 0.222 e. The highest BCUT2D eigenvalue weighted by Gasteiger charge is 2.12. The summed E-state index contributed by atoms with van der Waals surface area (Å²) in [6.45, 7) is 0. The molecule has 0 spiro atoms. The van der Waals surface area contributed by atoms with Crippen LogP contribution in [0.3, 0.4) is 0 Å². The summed E-state index contributed by atoms with van der Waals surface area (Å²) in [5, 5.41) is 9.96. The highest BCUT2D eigenvalue weighted by Crippen LogP contribution is 2.25. The van der Waals surface area contributed by atoms with E-state index in [2.05, 4.69) is 10.2 Å². The molecule has 1 heterocycles. The van der Waals surface area contributed by atoms with Gasteiger partial charge >= 0.3 is 0 Å². The van der Waals surface area contributed by atoms with Crippen molar-refractivity contribution in [3.63, 3.8) is 0 Å². The highest BCUT2D eigenvalue weighted by molar-refractivity contribution is 7.99. The van der Waals surface area contributed by atoms with Crippen LogP contribution in [0.1, 0.15) is 12.8 Å². The summed E-state index contributed by atoms with van der Waals surface area (Å²) in [5.74, 6) is 1.77. The summed E-state index contributed by atoms with van der Waals surface area (Å²) in [6.07, 6.45) is 1.38. The van der Waals surface area contributed by atoms with Gasteiger partial charge in [-0.2, -0.15) is 0 Å². The van der Waals surface area contributed by atoms with Crippen LogP contribution in [0.2, 0.25) is 5.02 Å². The standard InChI is InChI=1S/C15H19ClN4OS/c1-19(2)13(21)8-5-9-22-15-18-17-14(20(15)3)11-6-4-7-12(16)10-11/h4,6-7,10H,5,8-9H2,1-3H3. The predicted molar refractivity (Wildman–Crippen MR) is 90.1 cm³/mol. The van der Waals surface area contributed by atoms with Crippen LogP contribution in [0.4, 0.5) is 0 Å². The molecule has 2 aromatic rings. The van der Waals surface area contributed by atoms with Crippen LogP contribution in [-0.4, -0.2) is 45.4 Å². The van der Waals surface area contributed by atoms with Crippen LogP contribution in [0.15, 0.2) is 29.4 Å². The molecule has 7 heteroatoms. The number of amides is 1. The first-order valence-electron chi connectivity index (χ1n) is 6.97. The van der Waals surface area contributed by atoms with Gasteiger partial charge in [0, 0.05) is 43.9 Å². The van der Waals surface area contributed by atoms with Gasteiger partial charge in [-0.15, -0.1) is 10.2 Å². The highest BCUT2D eigenvalue weighted by atomic mass is 35.5. The molecule has 0 aliphatic rings. The van der Waals surface area contributed by atoms with Gasteiger partial charge in [-0.1, -0.05) is 35.5 Å². The van der Waals surface area contributed by atoms with Crippen LogP contribution in [0.5, 0.6) is 0 Å². The van der Waals surface area contributed by atoms with E-state index in [1.54, 1.807) is 30.8 Å². The van der Waals surface area contributed by atoms with Gasteiger partial charge in [0.05, 0.1) is 0 Å². The fourth-order valence-corrected chi connectivity index (χ4v) is 2.97. The second-order valence-electron chi connectivity index (χ2n) is 5.12. The Bertz CT molecular complexity index is 657. The van der Waals surface area contributed by atoms with E-state index in [-0.39, 0.29) is 5.91 Å². The van der Waals surface area contributed by atoms with Crippen LogP contribution < -0.4 is 0 Å². The van der Waals surface area contributed by atoms with Gasteiger partial charge in [0.2, 0.25) is 5.91 Å². The number of carbonyl (C=O) groups is 1. The van der Waals surface area contributed by atoms with E-state index < -0.39 is 0 Å². The molecular weight excluding hydrogens is 320 g/mol. The molecule has 22 heavy (non-hydrogen) atoms. The van der Waals surface area contributed by atoms with Crippen molar-refractivity contribution in [2.24, 2.45) is 7.05 Å². The summed E-state index contributed by atoms with van der Waals surface area (Å²) >= 11 is 7.62. The first kappa shape index (κ1) is 16.8. The maximum absolute atomic E-state index is 11.5. The Morgan fingerprint density at radius 2 is 2.14 bits per heavy atom. The third kappa shape index (κ3) is 4.24. The van der Waals surface area contributed by atoms with Gasteiger partial charge in [-0.3, -0.25) is 4.79 Å². The van der Waals surface area contributed by atoms with Gasteiger partial charge < -0.3 is 9.47 Å². The number of carbonyl (C=O) groups excluding carboxylic acids is 1. The van der Waals surface area contributed by atoms with Crippen LogP contribution in [0, 0.1) is 0 Å². The molecular formula is C15H19ClN4OS. The van der Waals surface area contributed by atoms with E-state index in [4.69, 9.17) is 11.6 Å². The molecule has 0 radical (unpaired) electrons. The molecule has 0 saturated heterocycles. The molecule has 0 aliphatic carbocycles. The fourth-order valence-electron chi connectivity index (χ4n) is 1.93. The minimum absolute atomic E-state index is 0.151. The molecule has 0 bridgehead atoms. The topological polar surface area (TPSA) is 51.0 Å². The minimum Gasteiger partial charge on any atom is -0.349 e. The van der Waals surface area contributed by atoms with E-state index in [0.717, 1.165) is 28.7 Å². The number of benzene rings is 1. The zero-order valence-electron chi connectivity index (χ0n) is 12.9. The summed E-state index contributed by atoms with van der Waals surface area (Å²) in [7, 11) is 5.48. The second kappa shape index (κ2) is 7.65. The summed E-state index contributed by atoms with van der Waals surface area (Å²) < 4.78 is 1.95. The minimum atomic E-state index is 0.151. The molecule has 0 atom stereocenters. The van der Waals surface area contributed by atoms with Crippen LogP contribution in [0.25, 0.3) is 11.4 Å². The number of aromatic nitrogens is 3. The summed E-state index contributed by atoms with van der Waals surface area (Å²) in [5.41, 5.74) is 0.942. The number of rotatable bonds is 6. The zero-order valence-corrected chi connectivity index (χ0v) is 14.5. The van der Waals surface area contributed by atoms with Crippen molar-refractivity contribution in [2.75, 3.05) is 19.8 Å². The fraction of sp³-hybridized carbons (Fsp3) is 0.400. The first-order chi connectivity index (χ1) is 10.5. The lowest BCUT2D eigenvalue weighted by molar-refractivity contribution is -0.128. The normalized spacial score (nSPS) is 10.7. The van der Waals surface area contributed by atoms with Gasteiger partial charge in [0.15, 0.2) is 11.0 Å². The average Bonchev–Trinajstić information content (AvgIpc) is 2.84. The molecule has 118 valence electrons. The summed E-state index contributed by atoms with van der Waals surface area (Å²) in [6, 6.07) is 7.56. The zero-order chi connectivity index (χ0) is 16.1. The number of nitrogens with zero attached hydrogens (tertiary/aromatic N) is 4. The summed E-state index contributed by atoms with van der Waals surface area (Å²) in [4.78, 5) is 13.1. The van der Waals surface area contributed by atoms with Gasteiger partial charge in [0.25, 0.3) is 0 Å². The Kier molecular flexibility index (Phi) is 5.85. The maximum Gasteiger partial charge on any atom is 0.222 e. The Morgan fingerprint density at radius 1 is 1.36 bits per heavy atom. The Labute approximate surface area is 139 Å². The monoisotopic (exact) mass is 338 g/mol. The van der Waals surface area contributed by atoms with E-state index in [1.807, 2.05) is 35.9 Å². The molecule has 1 aromatic heterocycles. The second-order valence-corrected chi connectivity index (χ2v) is 6.61. The van der Waals surface area contributed by atoms with Gasteiger partial charge in [0.1, 0.15) is 0 Å². The Morgan fingerprint density at radius 3 is 2.82 bits per heavy atom. The third-order valence-corrected chi connectivity index (χ3v) is 4.52. The number of thioether (sulfide) groups is 1. The van der Waals surface area contributed by atoms with Crippen molar-refractivity contribution in [2.45, 2.75) is 18.0 Å². The van der Waals surface area contributed by atoms with Crippen LogP contribution in [-0.2, 0) is 11.8 Å². The van der Waals surface area contributed by atoms with Gasteiger partial charge in [-0.25, -0.2) is 0 Å². The number of halogens is 1. The van der Waals surface area contributed by atoms with Crippen molar-refractivity contribution >= 4 is 29.3 Å². The van der Waals surface area contributed by atoms with Crippen LogP contribution >= 0.6 is 23.4 Å². The quantitative estimate of drug-likeness (QED) is 0.600. The lowest BCUT2D eigenvalue weighted by Crippen LogP contribution is -2.21. The molecule has 2 rings (SSSR count). The predicted octanol–water partition coefficient (Wildman–Crippen LogP) is 3.10. The lowest BCUT2D eigenvalue weighted by atomic mass is 10.2. The molecule has 0 N–H and O–H groups in total. The largest absolute Gasteiger partial charge is 0.349 e. The molecule has 0 fully saturated rings. The van der Waals surface area contributed by atoms with E-state index in [0.29, 0.717) is 11.4 Å². The van der Waals surface area contributed by atoms with Crippen molar-refractivity contribution < 1.29 is 4.79 Å². The number of hydrogen-bond donors (Lipinski definition) is 0. The van der Waals surface area contributed by atoms with Crippen molar-refractivity contribution in [1.82, 2.24) is 19.7 Å². The molecule has 0 aliphatic heterocycles. The third-order valence-electron chi connectivity index (χ3n) is 3.18. The SMILES string of the molecule is CN(C)C(=O)CCCSc1nnc(-c2cccc(Cl)c2)n1C. The molecule has 1 aromatic carbocycles. The Hall–Kier alpha value is -1.53. The maximum atomic E-state index is 11.5. The van der Waals surface area contributed by atoms with E-state index in [1.165, 1.54) is 0 Å². The lowest BCUT2D eigenvalue weighted by Gasteiger charge is -2.09. The molecule has 0 unspecified atom stereocenters. The van der Waals surface area contributed by atoms with Crippen molar-refractivity contribution in [1.29, 1.82) is 0 Å². The first-order valence-corrected chi connectivity index (χ1v) is 8.33. The average molecular weight is 339 g/mol. The van der Waals surface area contributed by atoms with E-state index in [9.17, 15) is 4.79 Å². The van der Waals surface area contributed by atoms with E-state index >= 15 is 0 Å². The molecule has 1 amide bonds. The van der Waals surface area contributed by atoms with Gasteiger partial charge in [-0.05, 0) is 18.6 Å². The number of hydrogen-bond acceptors (Lipinski definition) is 4. The molecule has 0 saturated carbocycles. The molecule has 5 nitrogen and oxygen atoms in total. The van der Waals surface area contributed by atoms with Crippen molar-refractivity contribution in [3.05, 3.63) is 29.3 Å².